The summed E-state index contributed by atoms with van der Waals surface area (Å²) in [6.07, 6.45) is 0.462. The van der Waals surface area contributed by atoms with Gasteiger partial charge in [0.05, 0.1) is 4.92 Å². The smallest absolute Gasteiger partial charge is 0.332 e. The summed E-state index contributed by atoms with van der Waals surface area (Å²) in [5.74, 6) is 5.62. The number of nitrogens with one attached hydrogen (secondary N) is 2. The fraction of sp³-hybridized carbons (Fsp3) is 0.636. The number of aromatic nitrogens is 2. The van der Waals surface area contributed by atoms with E-state index >= 15 is 0 Å². The van der Waals surface area contributed by atoms with Crippen molar-refractivity contribution < 1.29 is 10.0 Å². The number of nitrogen functional groups attached to an aromatic ring is 1. The van der Waals surface area contributed by atoms with Crippen LogP contribution in [-0.4, -0.2) is 32.6 Å². The molecular weight excluding hydrogens is 264 g/mol. The van der Waals surface area contributed by atoms with E-state index in [1.54, 1.807) is 0 Å². The number of hydrazine groups is 1. The van der Waals surface area contributed by atoms with E-state index in [0.29, 0.717) is 6.42 Å². The van der Waals surface area contributed by atoms with Gasteiger partial charge >= 0.3 is 5.69 Å². The summed E-state index contributed by atoms with van der Waals surface area (Å²) in [7, 11) is 0. The minimum absolute atomic E-state index is 0.0181. The van der Waals surface area contributed by atoms with Crippen LogP contribution in [0.25, 0.3) is 0 Å². The van der Waals surface area contributed by atoms with Crippen LogP contribution in [-0.2, 0) is 0 Å². The Hall–Kier alpha value is -2.00. The number of hydrogen-bond acceptors (Lipinski definition) is 8. The molecule has 0 saturated heterocycles. The number of aliphatic hydroxyl groups is 1. The standard InChI is InChI=1S/C11H20N6O3/c1-6(2)8(4-5-18)14-10-9(17(19)20)7(3)13-11(15-10)16-12/h6,8,18H,4-5,12H2,1-3H3,(H2,13,14,15,16). The molecule has 9 nitrogen and oxygen atoms in total. The van der Waals surface area contributed by atoms with Crippen LogP contribution in [0.2, 0.25) is 0 Å². The third kappa shape index (κ3) is 3.75. The zero-order chi connectivity index (χ0) is 15.3. The van der Waals surface area contributed by atoms with Gasteiger partial charge in [0.2, 0.25) is 11.8 Å². The minimum atomic E-state index is -0.533. The quantitative estimate of drug-likeness (QED) is 0.327. The van der Waals surface area contributed by atoms with E-state index < -0.39 is 4.92 Å². The second-order valence-corrected chi connectivity index (χ2v) is 4.74. The maximum atomic E-state index is 11.1. The van der Waals surface area contributed by atoms with Gasteiger partial charge in [-0.25, -0.2) is 10.8 Å². The molecule has 1 rings (SSSR count). The van der Waals surface area contributed by atoms with E-state index in [0.717, 1.165) is 0 Å². The molecule has 20 heavy (non-hydrogen) atoms. The lowest BCUT2D eigenvalue weighted by molar-refractivity contribution is -0.385. The molecule has 1 unspecified atom stereocenters. The van der Waals surface area contributed by atoms with Gasteiger partial charge in [-0.15, -0.1) is 0 Å². The maximum Gasteiger partial charge on any atom is 0.332 e. The predicted molar refractivity (Wildman–Crippen MR) is 75.2 cm³/mol. The number of aliphatic hydroxyl groups excluding tert-OH is 1. The number of nitrogens with two attached hydrogens (primary N) is 1. The van der Waals surface area contributed by atoms with Crippen molar-refractivity contribution >= 4 is 17.5 Å². The van der Waals surface area contributed by atoms with Gasteiger partial charge < -0.3 is 10.4 Å². The van der Waals surface area contributed by atoms with Crippen LogP contribution in [0.4, 0.5) is 17.5 Å². The van der Waals surface area contributed by atoms with Gasteiger partial charge in [-0.3, -0.25) is 15.5 Å². The lowest BCUT2D eigenvalue weighted by atomic mass is 10.0. The van der Waals surface area contributed by atoms with Crippen LogP contribution in [0.15, 0.2) is 0 Å². The van der Waals surface area contributed by atoms with Crippen molar-refractivity contribution in [1.82, 2.24) is 9.97 Å². The molecule has 0 fully saturated rings. The fourth-order valence-electron chi connectivity index (χ4n) is 1.84. The molecule has 112 valence electrons. The maximum absolute atomic E-state index is 11.1. The lowest BCUT2D eigenvalue weighted by Gasteiger charge is -2.22. The highest BCUT2D eigenvalue weighted by molar-refractivity contribution is 5.61. The third-order valence-corrected chi connectivity index (χ3v) is 2.94. The number of hydrogen-bond donors (Lipinski definition) is 4. The highest BCUT2D eigenvalue weighted by Crippen LogP contribution is 2.28. The van der Waals surface area contributed by atoms with Gasteiger partial charge in [-0.1, -0.05) is 13.8 Å². The van der Waals surface area contributed by atoms with E-state index in [4.69, 9.17) is 10.9 Å². The van der Waals surface area contributed by atoms with Gasteiger partial charge in [0.15, 0.2) is 0 Å². The average molecular weight is 284 g/mol. The average Bonchev–Trinajstić information content (AvgIpc) is 2.36. The summed E-state index contributed by atoms with van der Waals surface area (Å²) in [5, 5.41) is 23.2. The van der Waals surface area contributed by atoms with Gasteiger partial charge in [0, 0.05) is 12.6 Å². The zero-order valence-corrected chi connectivity index (χ0v) is 11.8. The molecule has 1 atom stereocenters. The number of nitrogens with zero attached hydrogens (tertiary/aromatic N) is 3. The largest absolute Gasteiger partial charge is 0.396 e. The molecule has 0 radical (unpaired) electrons. The van der Waals surface area contributed by atoms with E-state index in [1.165, 1.54) is 6.92 Å². The Bertz CT molecular complexity index is 479. The molecule has 1 aromatic rings. The van der Waals surface area contributed by atoms with E-state index in [-0.39, 0.29) is 41.7 Å². The number of anilines is 2. The molecule has 0 spiro atoms. The van der Waals surface area contributed by atoms with Gasteiger partial charge in [-0.05, 0) is 19.3 Å². The normalized spacial score (nSPS) is 12.3. The Morgan fingerprint density at radius 2 is 2.10 bits per heavy atom. The summed E-state index contributed by atoms with van der Waals surface area (Å²) in [6, 6.07) is -0.140. The first kappa shape index (κ1) is 16.1. The van der Waals surface area contributed by atoms with Crippen LogP contribution < -0.4 is 16.6 Å². The molecule has 1 heterocycles. The number of aryl methyl sites for hydroxylation is 1. The van der Waals surface area contributed by atoms with Crippen molar-refractivity contribution in [1.29, 1.82) is 0 Å². The van der Waals surface area contributed by atoms with Crippen LogP contribution in [0.5, 0.6) is 0 Å². The van der Waals surface area contributed by atoms with Crippen LogP contribution in [0.1, 0.15) is 26.0 Å². The Morgan fingerprint density at radius 1 is 1.45 bits per heavy atom. The van der Waals surface area contributed by atoms with Crippen LogP contribution in [0, 0.1) is 23.0 Å². The van der Waals surface area contributed by atoms with Crippen molar-refractivity contribution in [2.75, 3.05) is 17.3 Å². The molecular formula is C11H20N6O3. The van der Waals surface area contributed by atoms with Crippen molar-refractivity contribution in [3.8, 4) is 0 Å². The van der Waals surface area contributed by atoms with Gasteiger partial charge in [-0.2, -0.15) is 4.98 Å². The molecule has 0 amide bonds. The molecule has 0 aromatic carbocycles. The van der Waals surface area contributed by atoms with Gasteiger partial charge in [0.1, 0.15) is 5.69 Å². The Labute approximate surface area is 116 Å². The molecule has 0 bridgehead atoms. The van der Waals surface area contributed by atoms with E-state index in [2.05, 4.69) is 20.7 Å². The van der Waals surface area contributed by atoms with Gasteiger partial charge in [0.25, 0.3) is 0 Å². The summed E-state index contributed by atoms with van der Waals surface area (Å²) >= 11 is 0. The van der Waals surface area contributed by atoms with Crippen molar-refractivity contribution in [3.05, 3.63) is 15.8 Å². The third-order valence-electron chi connectivity index (χ3n) is 2.94. The van der Waals surface area contributed by atoms with Crippen molar-refractivity contribution in [2.24, 2.45) is 11.8 Å². The van der Waals surface area contributed by atoms with E-state index in [9.17, 15) is 10.1 Å². The van der Waals surface area contributed by atoms with Crippen LogP contribution >= 0.6 is 0 Å². The van der Waals surface area contributed by atoms with Crippen molar-refractivity contribution in [3.63, 3.8) is 0 Å². The first-order chi connectivity index (χ1) is 9.40. The summed E-state index contributed by atoms with van der Waals surface area (Å²) in [4.78, 5) is 18.5. The minimum Gasteiger partial charge on any atom is -0.396 e. The number of nitro groups is 1. The first-order valence-electron chi connectivity index (χ1n) is 6.27. The monoisotopic (exact) mass is 284 g/mol. The SMILES string of the molecule is Cc1nc(NN)nc(NC(CCO)C(C)C)c1[N+](=O)[O-]. The molecule has 0 aliphatic carbocycles. The zero-order valence-electron chi connectivity index (χ0n) is 11.8. The summed E-state index contributed by atoms with van der Waals surface area (Å²) < 4.78 is 0. The molecule has 1 aromatic heterocycles. The van der Waals surface area contributed by atoms with Crippen molar-refractivity contribution in [2.45, 2.75) is 33.2 Å². The first-order valence-corrected chi connectivity index (χ1v) is 6.27. The highest BCUT2D eigenvalue weighted by Gasteiger charge is 2.25. The predicted octanol–water partition coefficient (Wildman–Crippen LogP) is 0.798. The Morgan fingerprint density at radius 3 is 2.55 bits per heavy atom. The highest BCUT2D eigenvalue weighted by atomic mass is 16.6. The molecule has 0 saturated carbocycles. The number of rotatable bonds is 7. The lowest BCUT2D eigenvalue weighted by Crippen LogP contribution is -2.28. The molecule has 5 N–H and O–H groups in total. The Balaban J connectivity index is 3.19. The Kier molecular flexibility index (Phi) is 5.59. The molecule has 0 aliphatic rings. The van der Waals surface area contributed by atoms with E-state index in [1.807, 2.05) is 13.8 Å². The second kappa shape index (κ2) is 6.96. The van der Waals surface area contributed by atoms with Crippen LogP contribution in [0.3, 0.4) is 0 Å². The fourth-order valence-corrected chi connectivity index (χ4v) is 1.84. The summed E-state index contributed by atoms with van der Waals surface area (Å²) in [5.41, 5.74) is 2.30. The second-order valence-electron chi connectivity index (χ2n) is 4.74. The topological polar surface area (TPSA) is 139 Å². The molecule has 0 aliphatic heterocycles. The molecule has 9 heteroatoms. The summed E-state index contributed by atoms with van der Waals surface area (Å²) in [6.45, 7) is 5.41.